The first-order valence-electron chi connectivity index (χ1n) is 6.70. The van der Waals surface area contributed by atoms with Gasteiger partial charge in [-0.1, -0.05) is 38.6 Å². The Hall–Kier alpha value is -1.81. The van der Waals surface area contributed by atoms with E-state index in [2.05, 4.69) is 6.58 Å². The summed E-state index contributed by atoms with van der Waals surface area (Å²) in [5.74, 6) is 0.461. The van der Waals surface area contributed by atoms with Crippen molar-refractivity contribution in [2.75, 3.05) is 6.61 Å². The van der Waals surface area contributed by atoms with E-state index in [9.17, 15) is 4.79 Å². The minimum absolute atomic E-state index is 0.0625. The zero-order chi connectivity index (χ0) is 15.0. The SMILES string of the molecule is C=CCOC(=O)[C@@H](CC(C)C)Oc1cccc(CO)c1. The average Bonchev–Trinajstić information content (AvgIpc) is 2.43. The van der Waals surface area contributed by atoms with Crippen LogP contribution in [0.1, 0.15) is 25.8 Å². The summed E-state index contributed by atoms with van der Waals surface area (Å²) >= 11 is 0. The Morgan fingerprint density at radius 3 is 2.80 bits per heavy atom. The Morgan fingerprint density at radius 1 is 1.45 bits per heavy atom. The largest absolute Gasteiger partial charge is 0.479 e. The Bertz CT molecular complexity index is 440. The Labute approximate surface area is 120 Å². The Kier molecular flexibility index (Phi) is 6.81. The molecule has 110 valence electrons. The van der Waals surface area contributed by atoms with Crippen LogP contribution >= 0.6 is 0 Å². The molecule has 1 rings (SSSR count). The smallest absolute Gasteiger partial charge is 0.347 e. The average molecular weight is 278 g/mol. The van der Waals surface area contributed by atoms with E-state index in [4.69, 9.17) is 14.6 Å². The monoisotopic (exact) mass is 278 g/mol. The number of carbonyl (C=O) groups excluding carboxylic acids is 1. The minimum Gasteiger partial charge on any atom is -0.479 e. The molecule has 0 amide bonds. The Balaban J connectivity index is 2.76. The number of hydrogen-bond donors (Lipinski definition) is 1. The van der Waals surface area contributed by atoms with Crippen LogP contribution in [0.25, 0.3) is 0 Å². The molecule has 0 bridgehead atoms. The van der Waals surface area contributed by atoms with Crippen LogP contribution in [-0.2, 0) is 16.1 Å². The van der Waals surface area contributed by atoms with Crippen molar-refractivity contribution in [1.82, 2.24) is 0 Å². The van der Waals surface area contributed by atoms with Crippen LogP contribution in [0.4, 0.5) is 0 Å². The van der Waals surface area contributed by atoms with E-state index >= 15 is 0 Å². The van der Waals surface area contributed by atoms with Gasteiger partial charge in [0.25, 0.3) is 0 Å². The lowest BCUT2D eigenvalue weighted by Crippen LogP contribution is -2.31. The van der Waals surface area contributed by atoms with Crippen molar-refractivity contribution in [3.8, 4) is 5.75 Å². The van der Waals surface area contributed by atoms with E-state index in [1.165, 1.54) is 6.08 Å². The fourth-order valence-corrected chi connectivity index (χ4v) is 1.74. The molecule has 1 atom stereocenters. The summed E-state index contributed by atoms with van der Waals surface area (Å²) in [7, 11) is 0. The minimum atomic E-state index is -0.649. The highest BCUT2D eigenvalue weighted by atomic mass is 16.6. The summed E-state index contributed by atoms with van der Waals surface area (Å²) in [5, 5.41) is 9.11. The van der Waals surface area contributed by atoms with Crippen molar-refractivity contribution in [2.24, 2.45) is 5.92 Å². The molecular weight excluding hydrogens is 256 g/mol. The highest BCUT2D eigenvalue weighted by molar-refractivity contribution is 5.75. The molecule has 4 nitrogen and oxygen atoms in total. The van der Waals surface area contributed by atoms with Gasteiger partial charge in [0.15, 0.2) is 6.10 Å². The van der Waals surface area contributed by atoms with Gasteiger partial charge in [0.05, 0.1) is 6.61 Å². The first kappa shape index (κ1) is 16.2. The summed E-state index contributed by atoms with van der Waals surface area (Å²) < 4.78 is 10.8. The number of hydrogen-bond acceptors (Lipinski definition) is 4. The van der Waals surface area contributed by atoms with Crippen molar-refractivity contribution in [3.05, 3.63) is 42.5 Å². The maximum absolute atomic E-state index is 12.0. The predicted octanol–water partition coefficient (Wildman–Crippen LogP) is 2.70. The lowest BCUT2D eigenvalue weighted by atomic mass is 10.1. The molecule has 0 aromatic heterocycles. The highest BCUT2D eigenvalue weighted by Crippen LogP contribution is 2.18. The van der Waals surface area contributed by atoms with Gasteiger partial charge in [0.1, 0.15) is 12.4 Å². The molecule has 0 fully saturated rings. The molecule has 1 N–H and O–H groups in total. The molecule has 1 aromatic rings. The summed E-state index contributed by atoms with van der Waals surface area (Å²) in [6, 6.07) is 7.05. The molecular formula is C16H22O4. The van der Waals surface area contributed by atoms with E-state index in [1.807, 2.05) is 13.8 Å². The number of ether oxygens (including phenoxy) is 2. The van der Waals surface area contributed by atoms with Crippen LogP contribution in [0.2, 0.25) is 0 Å². The highest BCUT2D eigenvalue weighted by Gasteiger charge is 2.23. The van der Waals surface area contributed by atoms with Gasteiger partial charge in [-0.2, -0.15) is 0 Å². The summed E-state index contributed by atoms with van der Waals surface area (Å²) in [6.45, 7) is 7.66. The normalized spacial score (nSPS) is 12.0. The third-order valence-corrected chi connectivity index (χ3v) is 2.65. The van der Waals surface area contributed by atoms with Crippen LogP contribution < -0.4 is 4.74 Å². The van der Waals surface area contributed by atoms with Crippen molar-refractivity contribution < 1.29 is 19.4 Å². The predicted molar refractivity (Wildman–Crippen MR) is 77.4 cm³/mol. The first-order valence-corrected chi connectivity index (χ1v) is 6.70. The molecule has 0 spiro atoms. The lowest BCUT2D eigenvalue weighted by Gasteiger charge is -2.19. The standard InChI is InChI=1S/C16H22O4/c1-4-8-19-16(18)15(9-12(2)3)20-14-7-5-6-13(10-14)11-17/h4-7,10,12,15,17H,1,8-9,11H2,2-3H3/t15-/m1/s1. The second-order valence-corrected chi connectivity index (χ2v) is 4.96. The van der Waals surface area contributed by atoms with Crippen LogP contribution in [0.5, 0.6) is 5.75 Å². The maximum Gasteiger partial charge on any atom is 0.347 e. The summed E-state index contributed by atoms with van der Waals surface area (Å²) in [4.78, 5) is 12.0. The van der Waals surface area contributed by atoms with Crippen molar-refractivity contribution in [3.63, 3.8) is 0 Å². The van der Waals surface area contributed by atoms with Crippen molar-refractivity contribution in [2.45, 2.75) is 33.0 Å². The van der Waals surface area contributed by atoms with Crippen LogP contribution in [0.3, 0.4) is 0 Å². The molecule has 0 saturated heterocycles. The third-order valence-electron chi connectivity index (χ3n) is 2.65. The van der Waals surface area contributed by atoms with Gasteiger partial charge in [-0.15, -0.1) is 0 Å². The van der Waals surface area contributed by atoms with Crippen LogP contribution in [0, 0.1) is 5.92 Å². The Morgan fingerprint density at radius 2 is 2.20 bits per heavy atom. The number of aliphatic hydroxyl groups is 1. The van der Waals surface area contributed by atoms with Crippen molar-refractivity contribution in [1.29, 1.82) is 0 Å². The molecule has 0 aliphatic carbocycles. The zero-order valence-electron chi connectivity index (χ0n) is 12.0. The molecule has 0 unspecified atom stereocenters. The maximum atomic E-state index is 12.0. The molecule has 0 heterocycles. The second kappa shape index (κ2) is 8.38. The molecule has 0 aliphatic rings. The third kappa shape index (κ3) is 5.45. The van der Waals surface area contributed by atoms with E-state index in [0.29, 0.717) is 18.1 Å². The number of carbonyl (C=O) groups is 1. The molecule has 0 radical (unpaired) electrons. The van der Waals surface area contributed by atoms with E-state index in [-0.39, 0.29) is 13.2 Å². The van der Waals surface area contributed by atoms with Gasteiger partial charge in [-0.05, 0) is 30.0 Å². The molecule has 0 saturated carbocycles. The number of esters is 1. The van der Waals surface area contributed by atoms with Gasteiger partial charge in [0, 0.05) is 0 Å². The number of benzene rings is 1. The summed E-state index contributed by atoms with van der Waals surface area (Å²) in [6.07, 6.45) is 1.44. The summed E-state index contributed by atoms with van der Waals surface area (Å²) in [5.41, 5.74) is 0.741. The van der Waals surface area contributed by atoms with E-state index in [0.717, 1.165) is 5.56 Å². The van der Waals surface area contributed by atoms with Gasteiger partial charge in [-0.25, -0.2) is 4.79 Å². The fourth-order valence-electron chi connectivity index (χ4n) is 1.74. The quantitative estimate of drug-likeness (QED) is 0.587. The number of aliphatic hydroxyl groups excluding tert-OH is 1. The molecule has 4 heteroatoms. The van der Waals surface area contributed by atoms with E-state index in [1.54, 1.807) is 24.3 Å². The molecule has 20 heavy (non-hydrogen) atoms. The van der Waals surface area contributed by atoms with Gasteiger partial charge >= 0.3 is 5.97 Å². The fraction of sp³-hybridized carbons (Fsp3) is 0.438. The van der Waals surface area contributed by atoms with E-state index < -0.39 is 12.1 Å². The van der Waals surface area contributed by atoms with Crippen molar-refractivity contribution >= 4 is 5.97 Å². The molecule has 0 aliphatic heterocycles. The first-order chi connectivity index (χ1) is 9.56. The van der Waals surface area contributed by atoms with Gasteiger partial charge in [-0.3, -0.25) is 0 Å². The second-order valence-electron chi connectivity index (χ2n) is 4.96. The topological polar surface area (TPSA) is 55.8 Å². The van der Waals surface area contributed by atoms with Gasteiger partial charge < -0.3 is 14.6 Å². The van der Waals surface area contributed by atoms with Crippen LogP contribution in [-0.4, -0.2) is 23.8 Å². The lowest BCUT2D eigenvalue weighted by molar-refractivity contribution is -0.151. The zero-order valence-corrected chi connectivity index (χ0v) is 12.0. The van der Waals surface area contributed by atoms with Gasteiger partial charge in [0.2, 0.25) is 0 Å². The molecule has 1 aromatic carbocycles. The van der Waals surface area contributed by atoms with Crippen LogP contribution in [0.15, 0.2) is 36.9 Å². The number of rotatable bonds is 8.